The molecule has 1 amide bonds. The van der Waals surface area contributed by atoms with E-state index in [1.54, 1.807) is 6.07 Å². The minimum Gasteiger partial charge on any atom is -0.397 e. The molecule has 1 fully saturated rings. The summed E-state index contributed by atoms with van der Waals surface area (Å²) in [5.41, 5.74) is 10.6. The monoisotopic (exact) mass is 356 g/mol. The normalized spacial score (nSPS) is 27.6. The number of nitrogens with two attached hydrogens (primary N) is 2. The predicted octanol–water partition coefficient (Wildman–Crippen LogP) is 2.56. The summed E-state index contributed by atoms with van der Waals surface area (Å²) in [7, 11) is 0. The summed E-state index contributed by atoms with van der Waals surface area (Å²) in [6.07, 6.45) is -4.08. The highest BCUT2D eigenvalue weighted by Gasteiger charge is 2.59. The Balaban J connectivity index is 2.13. The minimum absolute atomic E-state index is 0.0815. The maximum absolute atomic E-state index is 13.0. The van der Waals surface area contributed by atoms with Crippen LogP contribution in [0.3, 0.4) is 0 Å². The quantitative estimate of drug-likeness (QED) is 0.410. The molecule has 1 aliphatic heterocycles. The number of nitrogens with zero attached hydrogens (tertiary/aromatic N) is 1. The van der Waals surface area contributed by atoms with Crippen molar-refractivity contribution < 1.29 is 18.0 Å². The topological polar surface area (TPSA) is 84.4 Å². The Morgan fingerprint density at radius 3 is 2.52 bits per heavy atom. The summed E-state index contributed by atoms with van der Waals surface area (Å²) >= 11 is 0. The van der Waals surface area contributed by atoms with Crippen LogP contribution >= 0.6 is 0 Å². The Labute approximate surface area is 144 Å². The molecular formula is C17H23F3N4O. The van der Waals surface area contributed by atoms with E-state index in [1.165, 1.54) is 0 Å². The lowest BCUT2D eigenvalue weighted by atomic mass is 9.51. The molecule has 0 aromatic heterocycles. The number of amides is 1. The zero-order chi connectivity index (χ0) is 18.8. The van der Waals surface area contributed by atoms with Crippen molar-refractivity contribution in [2.75, 3.05) is 17.7 Å². The zero-order valence-corrected chi connectivity index (χ0v) is 14.5. The van der Waals surface area contributed by atoms with Gasteiger partial charge in [0, 0.05) is 18.0 Å². The number of hydrogen-bond acceptors (Lipinski definition) is 4. The third-order valence-corrected chi connectivity index (χ3v) is 6.43. The fraction of sp³-hybridized carbons (Fsp3) is 0.588. The fourth-order valence-electron chi connectivity index (χ4n) is 4.51. The van der Waals surface area contributed by atoms with E-state index in [-0.39, 0.29) is 12.0 Å². The van der Waals surface area contributed by atoms with Crippen LogP contribution in [0.2, 0.25) is 0 Å². The van der Waals surface area contributed by atoms with E-state index in [1.807, 2.05) is 26.8 Å². The molecule has 0 saturated carbocycles. The lowest BCUT2D eigenvalue weighted by molar-refractivity contribution is -0.195. The van der Waals surface area contributed by atoms with Crippen molar-refractivity contribution in [1.82, 2.24) is 4.90 Å². The van der Waals surface area contributed by atoms with Gasteiger partial charge in [-0.3, -0.25) is 10.6 Å². The predicted molar refractivity (Wildman–Crippen MR) is 89.7 cm³/mol. The second-order valence-electron chi connectivity index (χ2n) is 7.76. The van der Waals surface area contributed by atoms with Crippen LogP contribution in [0.5, 0.6) is 0 Å². The van der Waals surface area contributed by atoms with Crippen LogP contribution in [0.4, 0.5) is 24.5 Å². The van der Waals surface area contributed by atoms with Gasteiger partial charge in [-0.2, -0.15) is 13.2 Å². The molecule has 1 aliphatic carbocycles. The second-order valence-corrected chi connectivity index (χ2v) is 7.76. The lowest BCUT2D eigenvalue weighted by Crippen LogP contribution is -2.66. The number of piperidine rings is 1. The van der Waals surface area contributed by atoms with Crippen LogP contribution in [-0.2, 0) is 16.6 Å². The highest BCUT2D eigenvalue weighted by Crippen LogP contribution is 2.57. The average Bonchev–Trinajstić information content (AvgIpc) is 2.49. The Bertz CT molecular complexity index is 731. The van der Waals surface area contributed by atoms with E-state index >= 15 is 0 Å². The molecule has 8 heteroatoms. The van der Waals surface area contributed by atoms with Crippen molar-refractivity contribution in [3.05, 3.63) is 23.3 Å². The van der Waals surface area contributed by atoms with Crippen molar-refractivity contribution in [2.24, 2.45) is 11.3 Å². The number of rotatable bonds is 1. The lowest BCUT2D eigenvalue weighted by Gasteiger charge is -2.60. The largest absolute Gasteiger partial charge is 0.471 e. The first kappa shape index (κ1) is 17.8. The number of nitrogen functional groups attached to an aromatic ring is 2. The highest BCUT2D eigenvalue weighted by atomic mass is 19.4. The summed E-state index contributed by atoms with van der Waals surface area (Å²) in [5, 5.41) is 0. The number of benzene rings is 1. The SMILES string of the molecule is CC1(C)[C@H]2Cc3cc(N)c(NN)cc3[C@]1(C)CCN2C(=O)C(F)(F)F. The standard InChI is InChI=1S/C17H23F3N4O/c1-15(2)13-7-9-6-11(21)12(23-22)8-10(9)16(15,3)4-5-24(13)14(25)17(18,19)20/h6,8,13,23H,4-5,7,21-22H2,1-3H3/t13-,16+/m1/s1. The molecular weight excluding hydrogens is 333 g/mol. The summed E-state index contributed by atoms with van der Waals surface area (Å²) in [4.78, 5) is 12.9. The average molecular weight is 356 g/mol. The van der Waals surface area contributed by atoms with Crippen molar-refractivity contribution in [3.8, 4) is 0 Å². The van der Waals surface area contributed by atoms with Crippen LogP contribution in [0.25, 0.3) is 0 Å². The third kappa shape index (κ3) is 2.38. The number of carbonyl (C=O) groups excluding carboxylic acids is 1. The summed E-state index contributed by atoms with van der Waals surface area (Å²) < 4.78 is 39.1. The van der Waals surface area contributed by atoms with Gasteiger partial charge in [0.05, 0.1) is 11.4 Å². The molecule has 1 saturated heterocycles. The molecule has 5 nitrogen and oxygen atoms in total. The van der Waals surface area contributed by atoms with E-state index in [9.17, 15) is 18.0 Å². The number of hydrogen-bond donors (Lipinski definition) is 3. The van der Waals surface area contributed by atoms with Crippen LogP contribution in [0, 0.1) is 5.41 Å². The van der Waals surface area contributed by atoms with Crippen LogP contribution in [0.1, 0.15) is 38.3 Å². The molecule has 0 unspecified atom stereocenters. The van der Waals surface area contributed by atoms with Gasteiger partial charge in [-0.05, 0) is 41.5 Å². The number of halogens is 3. The van der Waals surface area contributed by atoms with E-state index in [0.29, 0.717) is 24.2 Å². The molecule has 5 N–H and O–H groups in total. The smallest absolute Gasteiger partial charge is 0.397 e. The molecule has 0 spiro atoms. The van der Waals surface area contributed by atoms with Gasteiger partial charge in [0.25, 0.3) is 0 Å². The molecule has 0 radical (unpaired) electrons. The summed E-state index contributed by atoms with van der Waals surface area (Å²) in [5.74, 6) is 3.76. The molecule has 25 heavy (non-hydrogen) atoms. The van der Waals surface area contributed by atoms with E-state index in [0.717, 1.165) is 16.0 Å². The van der Waals surface area contributed by atoms with Gasteiger partial charge in [0.1, 0.15) is 0 Å². The van der Waals surface area contributed by atoms with Gasteiger partial charge in [-0.25, -0.2) is 0 Å². The first-order chi connectivity index (χ1) is 11.4. The number of fused-ring (bicyclic) bond motifs is 4. The Kier molecular flexibility index (Phi) is 3.76. The van der Waals surface area contributed by atoms with Gasteiger partial charge in [-0.1, -0.05) is 20.8 Å². The van der Waals surface area contributed by atoms with Crippen molar-refractivity contribution in [3.63, 3.8) is 0 Å². The molecule has 3 rings (SSSR count). The summed E-state index contributed by atoms with van der Waals surface area (Å²) in [6.45, 7) is 5.99. The molecule has 2 bridgehead atoms. The molecule has 2 atom stereocenters. The van der Waals surface area contributed by atoms with E-state index < -0.39 is 23.5 Å². The third-order valence-electron chi connectivity index (χ3n) is 6.43. The number of nitrogens with one attached hydrogen (secondary N) is 1. The number of alkyl halides is 3. The van der Waals surface area contributed by atoms with Gasteiger partial charge in [0.15, 0.2) is 0 Å². The highest BCUT2D eigenvalue weighted by molar-refractivity contribution is 5.83. The Hall–Kier alpha value is -1.96. The number of likely N-dealkylation sites (tertiary alicyclic amines) is 1. The summed E-state index contributed by atoms with van der Waals surface area (Å²) in [6, 6.07) is 3.11. The van der Waals surface area contributed by atoms with E-state index in [4.69, 9.17) is 11.6 Å². The minimum atomic E-state index is -4.86. The Morgan fingerprint density at radius 2 is 1.96 bits per heavy atom. The van der Waals surface area contributed by atoms with Gasteiger partial charge in [-0.15, -0.1) is 0 Å². The molecule has 138 valence electrons. The molecule has 2 aliphatic rings. The fourth-order valence-corrected chi connectivity index (χ4v) is 4.51. The van der Waals surface area contributed by atoms with E-state index in [2.05, 4.69) is 5.43 Å². The first-order valence-electron chi connectivity index (χ1n) is 8.21. The van der Waals surface area contributed by atoms with Crippen LogP contribution in [-0.4, -0.2) is 29.6 Å². The first-order valence-corrected chi connectivity index (χ1v) is 8.21. The maximum atomic E-state index is 13.0. The molecule has 1 aromatic carbocycles. The van der Waals surface area contributed by atoms with Gasteiger partial charge >= 0.3 is 12.1 Å². The maximum Gasteiger partial charge on any atom is 0.471 e. The van der Waals surface area contributed by atoms with Crippen LogP contribution < -0.4 is 17.0 Å². The van der Waals surface area contributed by atoms with Gasteiger partial charge < -0.3 is 16.1 Å². The van der Waals surface area contributed by atoms with Crippen LogP contribution in [0.15, 0.2) is 12.1 Å². The van der Waals surface area contributed by atoms with Gasteiger partial charge in [0.2, 0.25) is 0 Å². The number of anilines is 2. The molecule has 1 aromatic rings. The molecule has 1 heterocycles. The number of carbonyl (C=O) groups is 1. The Morgan fingerprint density at radius 1 is 1.32 bits per heavy atom. The van der Waals surface area contributed by atoms with Crippen molar-refractivity contribution in [1.29, 1.82) is 0 Å². The van der Waals surface area contributed by atoms with Crippen molar-refractivity contribution in [2.45, 2.75) is 51.2 Å². The number of hydrazine groups is 1. The zero-order valence-electron chi connectivity index (χ0n) is 14.5. The second kappa shape index (κ2) is 5.27. The van der Waals surface area contributed by atoms with Crippen molar-refractivity contribution >= 4 is 17.3 Å².